The first-order chi connectivity index (χ1) is 8.81. The van der Waals surface area contributed by atoms with Gasteiger partial charge >= 0.3 is 0 Å². The van der Waals surface area contributed by atoms with Crippen LogP contribution in [0.2, 0.25) is 0 Å². The topological polar surface area (TPSA) is 67.8 Å². The van der Waals surface area contributed by atoms with Crippen molar-refractivity contribution in [3.63, 3.8) is 0 Å². The van der Waals surface area contributed by atoms with Gasteiger partial charge in [-0.3, -0.25) is 4.57 Å². The molecular formula is C11H12BrN3O2S2. The quantitative estimate of drug-likeness (QED) is 0.791. The summed E-state index contributed by atoms with van der Waals surface area (Å²) < 4.78 is 26.7. The van der Waals surface area contributed by atoms with E-state index in [9.17, 15) is 8.42 Å². The van der Waals surface area contributed by atoms with Gasteiger partial charge in [0.15, 0.2) is 20.3 Å². The zero-order chi connectivity index (χ0) is 13.8. The Morgan fingerprint density at radius 3 is 2.95 bits per heavy atom. The maximum Gasteiger partial charge on any atom is 0.179 e. The van der Waals surface area contributed by atoms with Gasteiger partial charge < -0.3 is 4.98 Å². The van der Waals surface area contributed by atoms with E-state index in [0.717, 1.165) is 9.99 Å². The Kier molecular flexibility index (Phi) is 2.88. The molecule has 0 aliphatic carbocycles. The Bertz CT molecular complexity index is 824. The van der Waals surface area contributed by atoms with Gasteiger partial charge in [-0.25, -0.2) is 13.4 Å². The first kappa shape index (κ1) is 13.3. The summed E-state index contributed by atoms with van der Waals surface area (Å²) in [6.07, 6.45) is 2.25. The van der Waals surface area contributed by atoms with Crippen molar-refractivity contribution in [2.75, 3.05) is 11.5 Å². The van der Waals surface area contributed by atoms with Gasteiger partial charge in [0.25, 0.3) is 0 Å². The molecule has 5 nitrogen and oxygen atoms in total. The number of rotatable bonds is 1. The van der Waals surface area contributed by atoms with E-state index in [1.165, 1.54) is 0 Å². The average Bonchev–Trinajstić information content (AvgIpc) is 2.75. The summed E-state index contributed by atoms with van der Waals surface area (Å²) >= 11 is 8.70. The van der Waals surface area contributed by atoms with Gasteiger partial charge in [0.2, 0.25) is 0 Å². The van der Waals surface area contributed by atoms with Crippen molar-refractivity contribution in [1.29, 1.82) is 0 Å². The zero-order valence-electron chi connectivity index (χ0n) is 10.2. The first-order valence-electron chi connectivity index (χ1n) is 5.78. The Hall–Kier alpha value is -0.730. The fourth-order valence-electron chi connectivity index (χ4n) is 2.64. The number of sulfone groups is 1. The third kappa shape index (κ3) is 2.15. The summed E-state index contributed by atoms with van der Waals surface area (Å²) in [7, 11) is -2.99. The van der Waals surface area contributed by atoms with Crippen molar-refractivity contribution in [2.45, 2.75) is 18.9 Å². The second-order valence-corrected chi connectivity index (χ2v) is 8.62. The van der Waals surface area contributed by atoms with Crippen molar-refractivity contribution in [3.05, 3.63) is 21.5 Å². The molecule has 1 N–H and O–H groups in total. The standard InChI is InChI=1S/C11H12BrN3O2S2/c1-11(2-3-19(16,17)6-11)15-9-8(14-10(15)18)4-7(12)5-13-9/h4-5H,2-3,6H2,1H3,(H,14,18). The van der Waals surface area contributed by atoms with Crippen LogP contribution in [-0.4, -0.2) is 34.5 Å². The molecule has 1 saturated heterocycles. The van der Waals surface area contributed by atoms with E-state index in [1.54, 1.807) is 6.20 Å². The van der Waals surface area contributed by atoms with Gasteiger partial charge in [-0.2, -0.15) is 0 Å². The summed E-state index contributed by atoms with van der Waals surface area (Å²) in [6.45, 7) is 1.92. The van der Waals surface area contributed by atoms with Crippen molar-refractivity contribution in [2.24, 2.45) is 0 Å². The van der Waals surface area contributed by atoms with E-state index in [-0.39, 0.29) is 11.5 Å². The summed E-state index contributed by atoms with van der Waals surface area (Å²) in [5, 5.41) is 0. The maximum atomic E-state index is 11.8. The minimum Gasteiger partial charge on any atom is -0.329 e. The van der Waals surface area contributed by atoms with E-state index in [0.29, 0.717) is 16.8 Å². The van der Waals surface area contributed by atoms with Crippen LogP contribution >= 0.6 is 28.1 Å². The Morgan fingerprint density at radius 2 is 2.32 bits per heavy atom. The van der Waals surface area contributed by atoms with E-state index in [2.05, 4.69) is 25.9 Å². The molecule has 3 rings (SSSR count). The van der Waals surface area contributed by atoms with E-state index < -0.39 is 15.4 Å². The highest BCUT2D eigenvalue weighted by Gasteiger charge is 2.41. The van der Waals surface area contributed by atoms with Crippen molar-refractivity contribution >= 4 is 49.1 Å². The lowest BCUT2D eigenvalue weighted by Gasteiger charge is -2.24. The summed E-state index contributed by atoms with van der Waals surface area (Å²) in [5.74, 6) is 0.313. The fraction of sp³-hybridized carbons (Fsp3) is 0.455. The van der Waals surface area contributed by atoms with Crippen molar-refractivity contribution in [1.82, 2.24) is 14.5 Å². The molecule has 8 heteroatoms. The smallest absolute Gasteiger partial charge is 0.179 e. The average molecular weight is 362 g/mol. The molecule has 1 aliphatic rings. The van der Waals surface area contributed by atoms with Crippen LogP contribution in [-0.2, 0) is 15.4 Å². The molecule has 19 heavy (non-hydrogen) atoms. The highest BCUT2D eigenvalue weighted by molar-refractivity contribution is 9.10. The number of imidazole rings is 1. The lowest BCUT2D eigenvalue weighted by atomic mass is 10.0. The second-order valence-electron chi connectivity index (χ2n) is 5.13. The second kappa shape index (κ2) is 4.13. The molecule has 0 radical (unpaired) electrons. The minimum absolute atomic E-state index is 0.110. The summed E-state index contributed by atoms with van der Waals surface area (Å²) in [5.41, 5.74) is 0.993. The van der Waals surface area contributed by atoms with Crippen molar-refractivity contribution < 1.29 is 8.42 Å². The number of H-pyrrole nitrogens is 1. The number of pyridine rings is 1. The van der Waals surface area contributed by atoms with Crippen LogP contribution in [0.15, 0.2) is 16.7 Å². The molecule has 1 fully saturated rings. The molecule has 1 unspecified atom stereocenters. The predicted octanol–water partition coefficient (Wildman–Crippen LogP) is 2.39. The molecule has 0 amide bonds. The number of nitrogens with one attached hydrogen (secondary N) is 1. The highest BCUT2D eigenvalue weighted by Crippen LogP contribution is 2.33. The Morgan fingerprint density at radius 1 is 1.58 bits per heavy atom. The van der Waals surface area contributed by atoms with E-state index in [1.807, 2.05) is 17.6 Å². The molecule has 3 heterocycles. The number of nitrogens with zero attached hydrogens (tertiary/aromatic N) is 2. The number of aromatic nitrogens is 3. The molecule has 2 aromatic heterocycles. The largest absolute Gasteiger partial charge is 0.329 e. The number of hydrogen-bond acceptors (Lipinski definition) is 4. The summed E-state index contributed by atoms with van der Waals surface area (Å²) in [6, 6.07) is 1.89. The van der Waals surface area contributed by atoms with Crippen LogP contribution in [0.1, 0.15) is 13.3 Å². The van der Waals surface area contributed by atoms with Crippen LogP contribution in [0.5, 0.6) is 0 Å². The molecule has 1 atom stereocenters. The fourth-order valence-corrected chi connectivity index (χ4v) is 5.50. The van der Waals surface area contributed by atoms with Crippen LogP contribution < -0.4 is 0 Å². The molecule has 0 saturated carbocycles. The van der Waals surface area contributed by atoms with Gasteiger partial charge in [-0.15, -0.1) is 0 Å². The van der Waals surface area contributed by atoms with Crippen LogP contribution in [0.3, 0.4) is 0 Å². The molecule has 1 aliphatic heterocycles. The SMILES string of the molecule is CC1(n2c(=S)[nH]c3cc(Br)cnc32)CCS(=O)(=O)C1. The van der Waals surface area contributed by atoms with Crippen molar-refractivity contribution in [3.8, 4) is 0 Å². The normalized spacial score (nSPS) is 26.0. The first-order valence-corrected chi connectivity index (χ1v) is 8.80. The lowest BCUT2D eigenvalue weighted by Crippen LogP contribution is -2.31. The monoisotopic (exact) mass is 361 g/mol. The minimum atomic E-state index is -2.99. The van der Waals surface area contributed by atoms with Crippen LogP contribution in [0.25, 0.3) is 11.2 Å². The number of hydrogen-bond donors (Lipinski definition) is 1. The zero-order valence-corrected chi connectivity index (χ0v) is 13.4. The van der Waals surface area contributed by atoms with Gasteiger partial charge in [0.05, 0.1) is 22.6 Å². The van der Waals surface area contributed by atoms with Gasteiger partial charge in [0, 0.05) is 10.7 Å². The number of fused-ring (bicyclic) bond motifs is 1. The lowest BCUT2D eigenvalue weighted by molar-refractivity contribution is 0.370. The summed E-state index contributed by atoms with van der Waals surface area (Å²) in [4.78, 5) is 7.45. The van der Waals surface area contributed by atoms with E-state index in [4.69, 9.17) is 12.2 Å². The van der Waals surface area contributed by atoms with Gasteiger partial charge in [-0.05, 0) is 47.6 Å². The maximum absolute atomic E-state index is 11.8. The molecule has 2 aromatic rings. The Balaban J connectivity index is 2.26. The third-order valence-corrected chi connectivity index (χ3v) is 6.12. The molecule has 0 bridgehead atoms. The molecular weight excluding hydrogens is 350 g/mol. The molecule has 0 aromatic carbocycles. The Labute approximate surface area is 124 Å². The molecule has 102 valence electrons. The molecule has 0 spiro atoms. The van der Waals surface area contributed by atoms with Crippen LogP contribution in [0, 0.1) is 4.77 Å². The van der Waals surface area contributed by atoms with Crippen LogP contribution in [0.4, 0.5) is 0 Å². The number of halogens is 1. The third-order valence-electron chi connectivity index (χ3n) is 3.51. The van der Waals surface area contributed by atoms with Gasteiger partial charge in [0.1, 0.15) is 0 Å². The number of aromatic amines is 1. The highest BCUT2D eigenvalue weighted by atomic mass is 79.9. The predicted molar refractivity (Wildman–Crippen MR) is 79.5 cm³/mol. The van der Waals surface area contributed by atoms with Gasteiger partial charge in [-0.1, -0.05) is 0 Å². The van der Waals surface area contributed by atoms with E-state index >= 15 is 0 Å².